The third kappa shape index (κ3) is 6.42. The van der Waals surface area contributed by atoms with Crippen LogP contribution in [0.5, 0.6) is 0 Å². The normalized spacial score (nSPS) is 53.5. The van der Waals surface area contributed by atoms with E-state index in [0.29, 0.717) is 32.1 Å². The summed E-state index contributed by atoms with van der Waals surface area (Å²) in [6.07, 6.45) is -12.1. The Morgan fingerprint density at radius 1 is 0.831 bits per heavy atom. The standard InChI is InChI=1S/C42H64O17/c1-37(36(54)55-6)9-11-42(35(52)53)12-10-40(4)19(20(42)14-37)13-21(45)31-38(2)15-22(46)32(39(3,18-44)25(38)7-8-41(31,40)5)59-33-29(50)27(48)24(17-56-33)58-34-30(51)28(49)26(47)23(16-43)57-34/h13,20,22-34,43-44,46-51H,7-12,14-18H2,1-6H3,(H,52,53)/t20-,22-,23+,24+,25?,26+,27-,28-,29+,30+,31?,32-,33-,34-,37-,38-,39-,40+,41+,42-/m0/s1. The number of fused-ring (bicyclic) bond motifs is 7. The average molecular weight is 841 g/mol. The topological polar surface area (TPSA) is 279 Å². The van der Waals surface area contributed by atoms with Gasteiger partial charge in [-0.25, -0.2) is 0 Å². The highest BCUT2D eigenvalue weighted by atomic mass is 16.7. The van der Waals surface area contributed by atoms with Crippen LogP contribution >= 0.6 is 0 Å². The molecule has 2 aliphatic heterocycles. The van der Waals surface area contributed by atoms with Gasteiger partial charge in [0.25, 0.3) is 0 Å². The predicted octanol–water partition coefficient (Wildman–Crippen LogP) is -0.204. The molecule has 7 aliphatic rings. The van der Waals surface area contributed by atoms with Crippen molar-refractivity contribution in [1.29, 1.82) is 0 Å². The van der Waals surface area contributed by atoms with E-state index in [9.17, 15) is 60.3 Å². The average Bonchev–Trinajstić information content (AvgIpc) is 3.19. The first-order chi connectivity index (χ1) is 27.5. The molecular weight excluding hydrogens is 776 g/mol. The molecule has 9 N–H and O–H groups in total. The first kappa shape index (κ1) is 44.9. The molecule has 0 bridgehead atoms. The molecule has 2 saturated heterocycles. The number of aliphatic carboxylic acids is 1. The van der Waals surface area contributed by atoms with E-state index in [-0.39, 0.29) is 31.0 Å². The van der Waals surface area contributed by atoms with Gasteiger partial charge in [-0.3, -0.25) is 14.4 Å². The number of carbonyl (C=O) groups excluding carboxylic acids is 2. The van der Waals surface area contributed by atoms with Crippen molar-refractivity contribution >= 4 is 17.7 Å². The van der Waals surface area contributed by atoms with Gasteiger partial charge in [0.15, 0.2) is 18.4 Å². The molecule has 4 saturated carbocycles. The highest BCUT2D eigenvalue weighted by Crippen LogP contribution is 2.75. The van der Waals surface area contributed by atoms with Crippen LogP contribution in [0.1, 0.15) is 86.0 Å². The summed E-state index contributed by atoms with van der Waals surface area (Å²) in [6.45, 7) is 8.22. The van der Waals surface area contributed by atoms with Crippen LogP contribution in [0.15, 0.2) is 11.6 Å². The zero-order valence-electron chi connectivity index (χ0n) is 34.7. The SMILES string of the molecule is COC(=O)[C@@]1(C)CC[C@]2(C(=O)O)CC[C@]3(C)C(=CC(=O)C4[C@@]5(C)C[C@H](O)[C@H](O[C@@H]6OC[C@@H](O[C@@H]7O[C@H](CO)[C@@H](O)[C@H](O)[C@H]7O)[C@H](O)[C@H]6O)[C@@](C)(CO)C5CC[C@]43C)[C@@H]2C1. The minimum atomic E-state index is -1.76. The second kappa shape index (κ2) is 15.3. The van der Waals surface area contributed by atoms with Gasteiger partial charge in [0, 0.05) is 11.3 Å². The van der Waals surface area contributed by atoms with Crippen LogP contribution in [0.3, 0.4) is 0 Å². The Morgan fingerprint density at radius 3 is 2.12 bits per heavy atom. The number of allylic oxidation sites excluding steroid dienone is 2. The molecule has 17 heteroatoms. The molecule has 2 unspecified atom stereocenters. The van der Waals surface area contributed by atoms with Gasteiger partial charge >= 0.3 is 11.9 Å². The number of hydrogen-bond donors (Lipinski definition) is 9. The van der Waals surface area contributed by atoms with Gasteiger partial charge < -0.3 is 69.6 Å². The first-order valence-corrected chi connectivity index (χ1v) is 21.0. The number of hydrogen-bond acceptors (Lipinski definition) is 16. The van der Waals surface area contributed by atoms with Crippen LogP contribution in [0.2, 0.25) is 0 Å². The van der Waals surface area contributed by atoms with E-state index >= 15 is 0 Å². The van der Waals surface area contributed by atoms with Crippen molar-refractivity contribution in [2.45, 2.75) is 154 Å². The van der Waals surface area contributed by atoms with Gasteiger partial charge in [-0.1, -0.05) is 33.3 Å². The number of carboxylic acids is 1. The maximum Gasteiger partial charge on any atom is 0.311 e. The predicted molar refractivity (Wildman–Crippen MR) is 201 cm³/mol. The summed E-state index contributed by atoms with van der Waals surface area (Å²) >= 11 is 0. The van der Waals surface area contributed by atoms with Crippen LogP contribution in [0.4, 0.5) is 0 Å². The molecule has 5 aliphatic carbocycles. The lowest BCUT2D eigenvalue weighted by Gasteiger charge is -2.71. The fourth-order valence-electron chi connectivity index (χ4n) is 13.6. The van der Waals surface area contributed by atoms with Crippen molar-refractivity contribution in [2.75, 3.05) is 26.9 Å². The number of rotatable bonds is 8. The summed E-state index contributed by atoms with van der Waals surface area (Å²) in [6, 6.07) is 0. The monoisotopic (exact) mass is 840 g/mol. The summed E-state index contributed by atoms with van der Waals surface area (Å²) in [5, 5.41) is 96.6. The zero-order valence-corrected chi connectivity index (χ0v) is 34.7. The molecule has 20 atom stereocenters. The van der Waals surface area contributed by atoms with Crippen molar-refractivity contribution in [3.05, 3.63) is 11.6 Å². The second-order valence-corrected chi connectivity index (χ2v) is 20.1. The van der Waals surface area contributed by atoms with E-state index in [4.69, 9.17) is 23.7 Å². The number of methoxy groups -OCH3 is 1. The van der Waals surface area contributed by atoms with Gasteiger partial charge in [-0.2, -0.15) is 0 Å². The third-order valence-electron chi connectivity index (χ3n) is 17.2. The Labute approximate surface area is 343 Å². The van der Waals surface area contributed by atoms with Crippen molar-refractivity contribution in [3.8, 4) is 0 Å². The maximum absolute atomic E-state index is 14.9. The van der Waals surface area contributed by atoms with Crippen molar-refractivity contribution < 1.29 is 84.0 Å². The lowest BCUT2D eigenvalue weighted by Crippen LogP contribution is -2.70. The molecule has 59 heavy (non-hydrogen) atoms. The summed E-state index contributed by atoms with van der Waals surface area (Å²) in [5.74, 6) is -3.09. The van der Waals surface area contributed by atoms with Gasteiger partial charge in [-0.05, 0) is 92.4 Å². The number of esters is 1. The minimum absolute atomic E-state index is 0.0836. The summed E-state index contributed by atoms with van der Waals surface area (Å²) in [4.78, 5) is 41.1. The van der Waals surface area contributed by atoms with Crippen molar-refractivity contribution in [3.63, 3.8) is 0 Å². The first-order valence-electron chi connectivity index (χ1n) is 21.0. The summed E-state index contributed by atoms with van der Waals surface area (Å²) in [5.41, 5.74) is -4.66. The highest BCUT2D eigenvalue weighted by molar-refractivity contribution is 5.96. The molecule has 17 nitrogen and oxygen atoms in total. The van der Waals surface area contributed by atoms with E-state index in [0.717, 1.165) is 5.57 Å². The Hall–Kier alpha value is -2.13. The second-order valence-electron chi connectivity index (χ2n) is 20.1. The molecule has 0 amide bonds. The number of carboxylic acid groups (broad SMARTS) is 1. The van der Waals surface area contributed by atoms with Gasteiger partial charge in [0.05, 0.1) is 50.0 Å². The number of aliphatic hydroxyl groups excluding tert-OH is 8. The van der Waals surface area contributed by atoms with E-state index in [1.807, 2.05) is 13.8 Å². The molecule has 334 valence electrons. The van der Waals surface area contributed by atoms with E-state index < -0.39 is 144 Å². The Morgan fingerprint density at radius 2 is 1.49 bits per heavy atom. The number of aliphatic hydroxyl groups is 8. The van der Waals surface area contributed by atoms with E-state index in [1.165, 1.54) is 7.11 Å². The van der Waals surface area contributed by atoms with Gasteiger partial charge in [0.1, 0.15) is 42.7 Å². The quantitative estimate of drug-likeness (QED) is 0.113. The highest BCUT2D eigenvalue weighted by Gasteiger charge is 2.73. The smallest absolute Gasteiger partial charge is 0.311 e. The number of ketones is 1. The molecule has 2 heterocycles. The molecule has 6 fully saturated rings. The lowest BCUT2D eigenvalue weighted by atomic mass is 9.33. The fourth-order valence-corrected chi connectivity index (χ4v) is 13.6. The van der Waals surface area contributed by atoms with Crippen LogP contribution in [0.25, 0.3) is 0 Å². The van der Waals surface area contributed by atoms with E-state index in [2.05, 4.69) is 13.8 Å². The van der Waals surface area contributed by atoms with Gasteiger partial charge in [-0.15, -0.1) is 0 Å². The molecule has 0 radical (unpaired) electrons. The summed E-state index contributed by atoms with van der Waals surface area (Å²) < 4.78 is 28.3. The van der Waals surface area contributed by atoms with Gasteiger partial charge in [0.2, 0.25) is 0 Å². The molecule has 0 spiro atoms. The third-order valence-corrected chi connectivity index (χ3v) is 17.2. The zero-order chi connectivity index (χ0) is 43.4. The van der Waals surface area contributed by atoms with Crippen molar-refractivity contribution in [2.24, 2.45) is 50.2 Å². The fraction of sp³-hybridized carbons (Fsp3) is 0.881. The van der Waals surface area contributed by atoms with Crippen LogP contribution in [-0.2, 0) is 38.1 Å². The lowest BCUT2D eigenvalue weighted by molar-refractivity contribution is -0.357. The molecule has 0 aromatic carbocycles. The minimum Gasteiger partial charge on any atom is -0.481 e. The largest absolute Gasteiger partial charge is 0.481 e. The Kier molecular flexibility index (Phi) is 11.6. The Balaban J connectivity index is 1.14. The Bertz CT molecular complexity index is 1690. The van der Waals surface area contributed by atoms with Crippen LogP contribution < -0.4 is 0 Å². The van der Waals surface area contributed by atoms with Crippen LogP contribution in [0, 0.1) is 50.2 Å². The number of carbonyl (C=O) groups is 3. The molecule has 7 rings (SSSR count). The maximum atomic E-state index is 14.9. The van der Waals surface area contributed by atoms with E-state index in [1.54, 1.807) is 13.0 Å². The number of ether oxygens (including phenoxy) is 5. The van der Waals surface area contributed by atoms with Crippen LogP contribution in [-0.4, -0.2) is 158 Å². The molecular formula is C42H64O17. The summed E-state index contributed by atoms with van der Waals surface area (Å²) in [7, 11) is 1.33. The molecule has 0 aromatic heterocycles. The van der Waals surface area contributed by atoms with Crippen molar-refractivity contribution in [1.82, 2.24) is 0 Å². The molecule has 0 aromatic rings.